The van der Waals surface area contributed by atoms with Crippen molar-refractivity contribution in [1.82, 2.24) is 15.0 Å². The van der Waals surface area contributed by atoms with Crippen LogP contribution in [0, 0.1) is 12.7 Å². The maximum Gasteiger partial charge on any atom is 0.213 e. The van der Waals surface area contributed by atoms with Crippen LogP contribution in [0.1, 0.15) is 17.5 Å². The standard InChI is InChI=1S/C14H14FN3O2/c1-4-12(19)14-8(2)18-11(7-17-14)9-5-13(20-3)16-6-10(9)15/h4-7,12,19H,1H2,2-3H3. The van der Waals surface area contributed by atoms with Gasteiger partial charge in [-0.2, -0.15) is 0 Å². The molecule has 0 aromatic carbocycles. The van der Waals surface area contributed by atoms with Gasteiger partial charge in [0.2, 0.25) is 5.88 Å². The van der Waals surface area contributed by atoms with Crippen LogP contribution >= 0.6 is 0 Å². The maximum absolute atomic E-state index is 13.8. The first-order valence-electron chi connectivity index (χ1n) is 5.91. The summed E-state index contributed by atoms with van der Waals surface area (Å²) in [4.78, 5) is 12.1. The molecule has 0 fully saturated rings. The average Bonchev–Trinajstić information content (AvgIpc) is 2.47. The highest BCUT2D eigenvalue weighted by Crippen LogP contribution is 2.25. The number of rotatable bonds is 4. The molecule has 1 N–H and O–H groups in total. The molecule has 2 heterocycles. The van der Waals surface area contributed by atoms with Gasteiger partial charge in [-0.05, 0) is 6.92 Å². The van der Waals surface area contributed by atoms with Crippen LogP contribution in [0.15, 0.2) is 31.1 Å². The zero-order valence-electron chi connectivity index (χ0n) is 11.2. The smallest absolute Gasteiger partial charge is 0.213 e. The summed E-state index contributed by atoms with van der Waals surface area (Å²) in [5.41, 5.74) is 1.49. The predicted octanol–water partition coefficient (Wildman–Crippen LogP) is 2.21. The zero-order valence-corrected chi connectivity index (χ0v) is 11.2. The lowest BCUT2D eigenvalue weighted by molar-refractivity contribution is 0.222. The van der Waals surface area contributed by atoms with Gasteiger partial charge in [0.25, 0.3) is 0 Å². The highest BCUT2D eigenvalue weighted by molar-refractivity contribution is 5.60. The topological polar surface area (TPSA) is 68.1 Å². The molecule has 0 radical (unpaired) electrons. The molecule has 0 aliphatic heterocycles. The van der Waals surface area contributed by atoms with E-state index in [1.165, 1.54) is 25.4 Å². The lowest BCUT2D eigenvalue weighted by Crippen LogP contribution is -2.04. The average molecular weight is 275 g/mol. The fraction of sp³-hybridized carbons (Fsp3) is 0.214. The Balaban J connectivity index is 2.49. The highest BCUT2D eigenvalue weighted by Gasteiger charge is 2.14. The lowest BCUT2D eigenvalue weighted by Gasteiger charge is -2.10. The van der Waals surface area contributed by atoms with Gasteiger partial charge in [0.05, 0.1) is 36.6 Å². The van der Waals surface area contributed by atoms with Gasteiger partial charge < -0.3 is 9.84 Å². The van der Waals surface area contributed by atoms with Crippen LogP contribution in [0.4, 0.5) is 4.39 Å². The number of aromatic nitrogens is 3. The fourth-order valence-electron chi connectivity index (χ4n) is 1.75. The second-order valence-corrected chi connectivity index (χ2v) is 4.11. The van der Waals surface area contributed by atoms with E-state index in [1.807, 2.05) is 0 Å². The number of aliphatic hydroxyl groups is 1. The van der Waals surface area contributed by atoms with Gasteiger partial charge in [0.1, 0.15) is 6.10 Å². The fourth-order valence-corrected chi connectivity index (χ4v) is 1.75. The number of nitrogens with zero attached hydrogens (tertiary/aromatic N) is 3. The summed E-state index contributed by atoms with van der Waals surface area (Å²) in [5.74, 6) is -0.229. The summed E-state index contributed by atoms with van der Waals surface area (Å²) in [5, 5.41) is 9.68. The van der Waals surface area contributed by atoms with Crippen molar-refractivity contribution in [3.8, 4) is 17.1 Å². The molecule has 1 unspecified atom stereocenters. The molecule has 0 spiro atoms. The molecule has 0 aliphatic carbocycles. The normalized spacial score (nSPS) is 12.0. The largest absolute Gasteiger partial charge is 0.481 e. The molecule has 2 rings (SSSR count). The van der Waals surface area contributed by atoms with E-state index >= 15 is 0 Å². The van der Waals surface area contributed by atoms with Crippen molar-refractivity contribution in [1.29, 1.82) is 0 Å². The molecule has 0 bridgehead atoms. The van der Waals surface area contributed by atoms with Gasteiger partial charge in [-0.3, -0.25) is 4.98 Å². The lowest BCUT2D eigenvalue weighted by atomic mass is 10.1. The zero-order chi connectivity index (χ0) is 14.7. The van der Waals surface area contributed by atoms with Crippen molar-refractivity contribution in [3.05, 3.63) is 48.3 Å². The number of pyridine rings is 1. The van der Waals surface area contributed by atoms with Gasteiger partial charge in [-0.25, -0.2) is 14.4 Å². The number of methoxy groups -OCH3 is 1. The van der Waals surface area contributed by atoms with Crippen molar-refractivity contribution >= 4 is 0 Å². The second kappa shape index (κ2) is 5.75. The van der Waals surface area contributed by atoms with Crippen molar-refractivity contribution in [2.24, 2.45) is 0 Å². The molecule has 2 aromatic rings. The molecule has 5 nitrogen and oxygen atoms in total. The van der Waals surface area contributed by atoms with E-state index in [2.05, 4.69) is 21.5 Å². The first-order valence-corrected chi connectivity index (χ1v) is 5.91. The Bertz CT molecular complexity index is 646. The Kier molecular flexibility index (Phi) is 4.05. The Morgan fingerprint density at radius 2 is 2.15 bits per heavy atom. The van der Waals surface area contributed by atoms with Crippen LogP contribution < -0.4 is 4.74 Å². The van der Waals surface area contributed by atoms with E-state index in [0.29, 0.717) is 17.1 Å². The SMILES string of the molecule is C=CC(O)c1ncc(-c2cc(OC)ncc2F)nc1C. The van der Waals surface area contributed by atoms with Crippen molar-refractivity contribution < 1.29 is 14.2 Å². The van der Waals surface area contributed by atoms with Gasteiger partial charge in [-0.15, -0.1) is 6.58 Å². The highest BCUT2D eigenvalue weighted by atomic mass is 19.1. The number of ether oxygens (including phenoxy) is 1. The van der Waals surface area contributed by atoms with E-state index in [1.54, 1.807) is 6.92 Å². The number of aryl methyl sites for hydroxylation is 1. The monoisotopic (exact) mass is 275 g/mol. The summed E-state index contributed by atoms with van der Waals surface area (Å²) in [6, 6.07) is 1.45. The molecule has 20 heavy (non-hydrogen) atoms. The third-order valence-corrected chi connectivity index (χ3v) is 2.80. The minimum atomic E-state index is -0.895. The molecule has 104 valence electrons. The van der Waals surface area contributed by atoms with Crippen molar-refractivity contribution in [3.63, 3.8) is 0 Å². The van der Waals surface area contributed by atoms with Crippen LogP contribution in [0.25, 0.3) is 11.3 Å². The summed E-state index contributed by atoms with van der Waals surface area (Å²) in [7, 11) is 1.45. The second-order valence-electron chi connectivity index (χ2n) is 4.11. The van der Waals surface area contributed by atoms with E-state index in [9.17, 15) is 9.50 Å². The first kappa shape index (κ1) is 14.1. The molecular weight excluding hydrogens is 261 g/mol. The number of halogens is 1. The molecular formula is C14H14FN3O2. The third-order valence-electron chi connectivity index (χ3n) is 2.80. The molecule has 6 heteroatoms. The van der Waals surface area contributed by atoms with E-state index in [0.717, 1.165) is 6.20 Å². The summed E-state index contributed by atoms with van der Waals surface area (Å²) in [6.07, 6.45) is 2.92. The van der Waals surface area contributed by atoms with Crippen molar-refractivity contribution in [2.75, 3.05) is 7.11 Å². The maximum atomic E-state index is 13.8. The van der Waals surface area contributed by atoms with Crippen LogP contribution in [-0.4, -0.2) is 27.2 Å². The number of aliphatic hydroxyl groups excluding tert-OH is 1. The number of hydrogen-bond donors (Lipinski definition) is 1. The Morgan fingerprint density at radius 1 is 1.40 bits per heavy atom. The first-order chi connectivity index (χ1) is 9.56. The molecule has 0 aliphatic rings. The molecule has 1 atom stereocenters. The van der Waals surface area contributed by atoms with Crippen LogP contribution in [0.2, 0.25) is 0 Å². The van der Waals surface area contributed by atoms with Crippen LogP contribution in [-0.2, 0) is 0 Å². The number of hydrogen-bond acceptors (Lipinski definition) is 5. The summed E-state index contributed by atoms with van der Waals surface area (Å²) < 4.78 is 18.8. The van der Waals surface area contributed by atoms with Gasteiger partial charge in [-0.1, -0.05) is 6.08 Å². The Labute approximate surface area is 115 Å². The van der Waals surface area contributed by atoms with E-state index in [-0.39, 0.29) is 11.4 Å². The van der Waals surface area contributed by atoms with Crippen molar-refractivity contribution in [2.45, 2.75) is 13.0 Å². The molecule has 0 saturated carbocycles. The molecule has 0 amide bonds. The van der Waals surface area contributed by atoms with E-state index in [4.69, 9.17) is 4.74 Å². The van der Waals surface area contributed by atoms with Crippen LogP contribution in [0.3, 0.4) is 0 Å². The van der Waals surface area contributed by atoms with Gasteiger partial charge >= 0.3 is 0 Å². The van der Waals surface area contributed by atoms with Gasteiger partial charge in [0.15, 0.2) is 5.82 Å². The Morgan fingerprint density at radius 3 is 2.75 bits per heavy atom. The van der Waals surface area contributed by atoms with Crippen LogP contribution in [0.5, 0.6) is 5.88 Å². The third kappa shape index (κ3) is 2.65. The predicted molar refractivity (Wildman–Crippen MR) is 71.7 cm³/mol. The Hall–Kier alpha value is -2.34. The minimum Gasteiger partial charge on any atom is -0.481 e. The van der Waals surface area contributed by atoms with E-state index < -0.39 is 11.9 Å². The quantitative estimate of drug-likeness (QED) is 0.866. The summed E-state index contributed by atoms with van der Waals surface area (Å²) in [6.45, 7) is 5.18. The minimum absolute atomic E-state index is 0.243. The molecule has 2 aromatic heterocycles. The molecule has 0 saturated heterocycles. The van der Waals surface area contributed by atoms with Gasteiger partial charge in [0, 0.05) is 11.6 Å². The summed E-state index contributed by atoms with van der Waals surface area (Å²) >= 11 is 0.